The number of likely N-dealkylation sites (N-methyl/N-ethyl adjacent to an activating group) is 1. The van der Waals surface area contributed by atoms with Crippen molar-refractivity contribution in [3.05, 3.63) is 54.4 Å². The SMILES string of the molecule is CC(C)c1ncncc1Nc1cc(Nc2ccc(N3CCN(C)CC3)cn2)ncc1C(N)=O. The summed E-state index contributed by atoms with van der Waals surface area (Å²) in [5.74, 6) is 0.790. The first kappa shape index (κ1) is 22.4. The lowest BCUT2D eigenvalue weighted by Gasteiger charge is -2.33. The third-order valence-electron chi connectivity index (χ3n) is 5.60. The van der Waals surface area contributed by atoms with Crippen LogP contribution in [-0.2, 0) is 0 Å². The Labute approximate surface area is 193 Å². The van der Waals surface area contributed by atoms with Gasteiger partial charge in [0.05, 0.1) is 40.7 Å². The van der Waals surface area contributed by atoms with Crippen LogP contribution in [0.1, 0.15) is 35.8 Å². The smallest absolute Gasteiger partial charge is 0.252 e. The Morgan fingerprint density at radius 2 is 1.73 bits per heavy atom. The molecular formula is C23H29N9O. The summed E-state index contributed by atoms with van der Waals surface area (Å²) in [6.07, 6.45) is 6.50. The van der Waals surface area contributed by atoms with Gasteiger partial charge in [-0.25, -0.2) is 19.9 Å². The van der Waals surface area contributed by atoms with Gasteiger partial charge in [0.2, 0.25) is 0 Å². The highest BCUT2D eigenvalue weighted by Gasteiger charge is 2.16. The van der Waals surface area contributed by atoms with Crippen molar-refractivity contribution >= 4 is 34.6 Å². The largest absolute Gasteiger partial charge is 0.368 e. The Morgan fingerprint density at radius 3 is 2.39 bits per heavy atom. The molecule has 1 aliphatic rings. The first-order valence-electron chi connectivity index (χ1n) is 10.9. The molecule has 1 fully saturated rings. The second-order valence-electron chi connectivity index (χ2n) is 8.40. The van der Waals surface area contributed by atoms with E-state index >= 15 is 0 Å². The van der Waals surface area contributed by atoms with Gasteiger partial charge in [-0.2, -0.15) is 0 Å². The normalized spacial score (nSPS) is 14.4. The number of carbonyl (C=O) groups excluding carboxylic acids is 1. The summed E-state index contributed by atoms with van der Waals surface area (Å²) in [6.45, 7) is 8.13. The fraction of sp³-hybridized carbons (Fsp3) is 0.348. The van der Waals surface area contributed by atoms with Crippen LogP contribution < -0.4 is 21.3 Å². The predicted octanol–water partition coefficient (Wildman–Crippen LogP) is 2.73. The monoisotopic (exact) mass is 447 g/mol. The molecule has 0 spiro atoms. The molecule has 0 aliphatic carbocycles. The highest BCUT2D eigenvalue weighted by Crippen LogP contribution is 2.28. The van der Waals surface area contributed by atoms with Gasteiger partial charge in [-0.05, 0) is 25.1 Å². The van der Waals surface area contributed by atoms with E-state index in [1.807, 2.05) is 32.2 Å². The topological polar surface area (TPSA) is 125 Å². The number of piperazine rings is 1. The number of nitrogens with zero attached hydrogens (tertiary/aromatic N) is 6. The zero-order valence-electron chi connectivity index (χ0n) is 19.1. The molecular weight excluding hydrogens is 418 g/mol. The number of rotatable bonds is 7. The molecule has 1 saturated heterocycles. The van der Waals surface area contributed by atoms with E-state index in [0.717, 1.165) is 37.6 Å². The number of anilines is 5. The predicted molar refractivity (Wildman–Crippen MR) is 129 cm³/mol. The summed E-state index contributed by atoms with van der Waals surface area (Å²) in [5, 5.41) is 6.45. The van der Waals surface area contributed by atoms with Gasteiger partial charge in [-0.1, -0.05) is 13.8 Å². The molecule has 4 rings (SSSR count). The number of amides is 1. The van der Waals surface area contributed by atoms with E-state index in [2.05, 4.69) is 47.4 Å². The number of aromatic nitrogens is 4. The number of nitrogens with two attached hydrogens (primary N) is 1. The van der Waals surface area contributed by atoms with Crippen molar-refractivity contribution in [1.82, 2.24) is 24.8 Å². The maximum absolute atomic E-state index is 12.0. The van der Waals surface area contributed by atoms with Crippen LogP contribution in [-0.4, -0.2) is 64.0 Å². The van der Waals surface area contributed by atoms with Gasteiger partial charge in [0.25, 0.3) is 5.91 Å². The molecule has 1 amide bonds. The summed E-state index contributed by atoms with van der Waals surface area (Å²) < 4.78 is 0. The van der Waals surface area contributed by atoms with Crippen LogP contribution in [0.4, 0.5) is 28.7 Å². The number of primary amides is 1. The van der Waals surface area contributed by atoms with E-state index in [9.17, 15) is 4.79 Å². The maximum Gasteiger partial charge on any atom is 0.252 e. The Balaban J connectivity index is 1.54. The Bertz CT molecular complexity index is 1110. The van der Waals surface area contributed by atoms with Crippen molar-refractivity contribution in [3.63, 3.8) is 0 Å². The van der Waals surface area contributed by atoms with Gasteiger partial charge in [-0.15, -0.1) is 0 Å². The molecule has 33 heavy (non-hydrogen) atoms. The average molecular weight is 448 g/mol. The fourth-order valence-corrected chi connectivity index (χ4v) is 3.71. The van der Waals surface area contributed by atoms with Crippen LogP contribution in [0, 0.1) is 0 Å². The van der Waals surface area contributed by atoms with Crippen LogP contribution in [0.25, 0.3) is 0 Å². The van der Waals surface area contributed by atoms with Crippen molar-refractivity contribution in [2.75, 3.05) is 48.8 Å². The molecule has 1 aliphatic heterocycles. The fourth-order valence-electron chi connectivity index (χ4n) is 3.71. The van der Waals surface area contributed by atoms with Crippen LogP contribution in [0.2, 0.25) is 0 Å². The van der Waals surface area contributed by atoms with E-state index in [-0.39, 0.29) is 11.5 Å². The molecule has 4 heterocycles. The second-order valence-corrected chi connectivity index (χ2v) is 8.40. The number of nitrogens with one attached hydrogen (secondary N) is 2. The van der Waals surface area contributed by atoms with Crippen molar-refractivity contribution in [2.24, 2.45) is 5.73 Å². The quantitative estimate of drug-likeness (QED) is 0.501. The standard InChI is InChI=1S/C23H29N9O/c1-15(2)22-19(13-25-14-28-22)29-18-10-21(27-12-17(18)23(24)33)30-20-5-4-16(11-26-20)32-8-6-31(3)7-9-32/h4-5,10-15H,6-9H2,1-3H3,(H2,24,33)(H2,26,27,29,30). The highest BCUT2D eigenvalue weighted by atomic mass is 16.1. The van der Waals surface area contributed by atoms with Crippen LogP contribution >= 0.6 is 0 Å². The van der Waals surface area contributed by atoms with E-state index in [1.54, 1.807) is 12.3 Å². The average Bonchev–Trinajstić information content (AvgIpc) is 2.80. The summed E-state index contributed by atoms with van der Waals surface area (Å²) >= 11 is 0. The molecule has 4 N–H and O–H groups in total. The Kier molecular flexibility index (Phi) is 6.64. The second kappa shape index (κ2) is 9.78. The molecule has 3 aromatic heterocycles. The van der Waals surface area contributed by atoms with Gasteiger partial charge < -0.3 is 26.2 Å². The zero-order chi connectivity index (χ0) is 23.4. The van der Waals surface area contributed by atoms with Crippen molar-refractivity contribution < 1.29 is 4.79 Å². The van der Waals surface area contributed by atoms with Crippen molar-refractivity contribution in [2.45, 2.75) is 19.8 Å². The van der Waals surface area contributed by atoms with Gasteiger partial charge in [-0.3, -0.25) is 4.79 Å². The summed E-state index contributed by atoms with van der Waals surface area (Å²) in [6, 6.07) is 5.70. The first-order chi connectivity index (χ1) is 15.9. The molecule has 0 unspecified atom stereocenters. The summed E-state index contributed by atoms with van der Waals surface area (Å²) in [5.41, 5.74) is 9.02. The van der Waals surface area contributed by atoms with Gasteiger partial charge in [0.1, 0.15) is 18.0 Å². The first-order valence-corrected chi connectivity index (χ1v) is 10.9. The minimum absolute atomic E-state index is 0.176. The van der Waals surface area contributed by atoms with E-state index in [1.165, 1.54) is 12.5 Å². The number of pyridine rings is 2. The van der Waals surface area contributed by atoms with Gasteiger partial charge >= 0.3 is 0 Å². The number of carbonyl (C=O) groups is 1. The van der Waals surface area contributed by atoms with E-state index in [0.29, 0.717) is 23.0 Å². The molecule has 3 aromatic rings. The molecule has 10 heteroatoms. The van der Waals surface area contributed by atoms with Crippen molar-refractivity contribution in [1.29, 1.82) is 0 Å². The van der Waals surface area contributed by atoms with Gasteiger partial charge in [0, 0.05) is 38.4 Å². The van der Waals surface area contributed by atoms with Gasteiger partial charge in [0.15, 0.2) is 0 Å². The summed E-state index contributed by atoms with van der Waals surface area (Å²) in [4.78, 5) is 34.0. The molecule has 172 valence electrons. The third kappa shape index (κ3) is 5.35. The van der Waals surface area contributed by atoms with E-state index in [4.69, 9.17) is 5.73 Å². The van der Waals surface area contributed by atoms with Crippen molar-refractivity contribution in [3.8, 4) is 0 Å². The van der Waals surface area contributed by atoms with E-state index < -0.39 is 5.91 Å². The number of hydrogen-bond donors (Lipinski definition) is 3. The van der Waals surface area contributed by atoms with Crippen LogP contribution in [0.3, 0.4) is 0 Å². The molecule has 0 atom stereocenters. The minimum atomic E-state index is -0.575. The lowest BCUT2D eigenvalue weighted by Crippen LogP contribution is -2.44. The van der Waals surface area contributed by atoms with Crippen LogP contribution in [0.15, 0.2) is 43.1 Å². The zero-order valence-corrected chi connectivity index (χ0v) is 19.1. The maximum atomic E-state index is 12.0. The summed E-state index contributed by atoms with van der Waals surface area (Å²) in [7, 11) is 2.14. The third-order valence-corrected chi connectivity index (χ3v) is 5.60. The Morgan fingerprint density at radius 1 is 0.970 bits per heavy atom. The highest BCUT2D eigenvalue weighted by molar-refractivity contribution is 5.99. The molecule has 10 nitrogen and oxygen atoms in total. The molecule has 0 aromatic carbocycles. The molecule has 0 saturated carbocycles. The molecule has 0 bridgehead atoms. The number of hydrogen-bond acceptors (Lipinski definition) is 9. The lowest BCUT2D eigenvalue weighted by atomic mass is 10.1. The molecule has 0 radical (unpaired) electrons. The Hall–Kier alpha value is -3.79. The minimum Gasteiger partial charge on any atom is -0.368 e. The lowest BCUT2D eigenvalue weighted by molar-refractivity contribution is 0.100. The van der Waals surface area contributed by atoms with Crippen LogP contribution in [0.5, 0.6) is 0 Å².